The quantitative estimate of drug-likeness (QED) is 0.437. The summed E-state index contributed by atoms with van der Waals surface area (Å²) in [5, 5.41) is 11.9. The molecule has 2 N–H and O–H groups in total. The van der Waals surface area contributed by atoms with Crippen LogP contribution in [0.1, 0.15) is 18.6 Å². The van der Waals surface area contributed by atoms with E-state index in [9.17, 15) is 4.79 Å². The summed E-state index contributed by atoms with van der Waals surface area (Å²) < 4.78 is 7.32. The van der Waals surface area contributed by atoms with E-state index in [2.05, 4.69) is 64.2 Å². The van der Waals surface area contributed by atoms with Crippen LogP contribution in [0.2, 0.25) is 0 Å². The molecular weight excluding hydrogens is 438 g/mol. The minimum absolute atomic E-state index is 0.0828. The van der Waals surface area contributed by atoms with Crippen molar-refractivity contribution in [1.82, 2.24) is 20.3 Å². The minimum atomic E-state index is 0.0828. The number of furan rings is 1. The number of aromatic nitrogens is 3. The number of quaternary nitrogens is 1. The van der Waals surface area contributed by atoms with Crippen LogP contribution in [-0.4, -0.2) is 40.0 Å². The summed E-state index contributed by atoms with van der Waals surface area (Å²) in [5.41, 5.74) is 4.37. The van der Waals surface area contributed by atoms with Gasteiger partial charge >= 0.3 is 0 Å². The Bertz CT molecular complexity index is 1270. The maximum absolute atomic E-state index is 12.8. The maximum Gasteiger partial charge on any atom is 0.229 e. The van der Waals surface area contributed by atoms with E-state index in [1.165, 1.54) is 16.0 Å². The van der Waals surface area contributed by atoms with E-state index in [0.29, 0.717) is 18.5 Å². The van der Waals surface area contributed by atoms with E-state index < -0.39 is 0 Å². The summed E-state index contributed by atoms with van der Waals surface area (Å²) in [5.74, 6) is 1.47. The second-order valence-corrected chi connectivity index (χ2v) is 9.77. The molecule has 0 spiro atoms. The van der Waals surface area contributed by atoms with Crippen LogP contribution < -0.4 is 10.2 Å². The van der Waals surface area contributed by atoms with Crippen LogP contribution in [0.15, 0.2) is 83.6 Å². The second-order valence-electron chi connectivity index (χ2n) is 9.77. The number of carbonyl (C=O) groups is 1. The molecule has 7 heteroatoms. The largest absolute Gasteiger partial charge is 0.467 e. The summed E-state index contributed by atoms with van der Waals surface area (Å²) in [6.07, 6.45) is 5.85. The third kappa shape index (κ3) is 4.64. The maximum atomic E-state index is 12.8. The van der Waals surface area contributed by atoms with Crippen molar-refractivity contribution in [2.45, 2.75) is 32.0 Å². The first-order chi connectivity index (χ1) is 17.2. The monoisotopic (exact) mass is 468 g/mol. The number of nitrogens with one attached hydrogen (secondary N) is 2. The van der Waals surface area contributed by atoms with E-state index in [0.717, 1.165) is 49.5 Å². The van der Waals surface area contributed by atoms with Gasteiger partial charge in [0.2, 0.25) is 5.91 Å². The summed E-state index contributed by atoms with van der Waals surface area (Å²) in [7, 11) is 0. The lowest BCUT2D eigenvalue weighted by atomic mass is 9.75. The highest BCUT2D eigenvalue weighted by Gasteiger charge is 2.46. The van der Waals surface area contributed by atoms with Crippen molar-refractivity contribution in [3.8, 4) is 22.4 Å². The van der Waals surface area contributed by atoms with Crippen LogP contribution >= 0.6 is 0 Å². The summed E-state index contributed by atoms with van der Waals surface area (Å²) >= 11 is 0. The molecule has 0 saturated carbocycles. The van der Waals surface area contributed by atoms with Crippen molar-refractivity contribution in [1.29, 1.82) is 0 Å². The molecule has 0 aliphatic carbocycles. The molecule has 2 aromatic carbocycles. The number of hydrogen-bond donors (Lipinski definition) is 2. The fourth-order valence-electron chi connectivity index (χ4n) is 5.75. The Morgan fingerprint density at radius 2 is 1.83 bits per heavy atom. The summed E-state index contributed by atoms with van der Waals surface area (Å²) in [4.78, 5) is 14.3. The molecule has 3 aliphatic rings. The van der Waals surface area contributed by atoms with Gasteiger partial charge in [0.1, 0.15) is 17.5 Å². The average molecular weight is 469 g/mol. The molecule has 178 valence electrons. The van der Waals surface area contributed by atoms with Gasteiger partial charge in [-0.25, -0.2) is 4.68 Å². The van der Waals surface area contributed by atoms with Gasteiger partial charge in [0.15, 0.2) is 0 Å². The third-order valence-electron chi connectivity index (χ3n) is 7.64. The van der Waals surface area contributed by atoms with Gasteiger partial charge in [-0.3, -0.25) is 4.79 Å². The Balaban J connectivity index is 1.07. The molecule has 7 rings (SSSR count). The van der Waals surface area contributed by atoms with E-state index in [-0.39, 0.29) is 11.8 Å². The minimum Gasteiger partial charge on any atom is -0.467 e. The van der Waals surface area contributed by atoms with Crippen molar-refractivity contribution in [3.63, 3.8) is 0 Å². The van der Waals surface area contributed by atoms with Crippen molar-refractivity contribution in [2.24, 2.45) is 11.8 Å². The highest BCUT2D eigenvalue weighted by Crippen LogP contribution is 2.28. The molecule has 3 saturated heterocycles. The first-order valence-corrected chi connectivity index (χ1v) is 12.4. The van der Waals surface area contributed by atoms with Crippen molar-refractivity contribution in [3.05, 3.63) is 85.0 Å². The summed E-state index contributed by atoms with van der Waals surface area (Å²) in [6, 6.07) is 23.1. The fraction of sp³-hybridized carbons (Fsp3) is 0.321. The second kappa shape index (κ2) is 9.50. The van der Waals surface area contributed by atoms with Crippen LogP contribution in [-0.2, 0) is 17.9 Å². The zero-order valence-corrected chi connectivity index (χ0v) is 19.6. The first kappa shape index (κ1) is 21.8. The SMILES string of the molecule is O=C(NCc1ccco1)[C@H]1C[NH+]2CC[C@@H]1C[C@@H]2Cn1cc(-c2ccc(-c3ccccc3)cc2)nn1. The number of fused-ring (bicyclic) bond motifs is 3. The van der Waals surface area contributed by atoms with Crippen molar-refractivity contribution < 1.29 is 14.1 Å². The molecule has 0 radical (unpaired) electrons. The molecule has 1 unspecified atom stereocenters. The Morgan fingerprint density at radius 3 is 2.57 bits per heavy atom. The number of benzene rings is 2. The number of nitrogens with zero attached hydrogens (tertiary/aromatic N) is 3. The van der Waals surface area contributed by atoms with Gasteiger partial charge in [-0.2, -0.15) is 0 Å². The Kier molecular flexibility index (Phi) is 5.92. The Hall–Kier alpha value is -3.71. The summed E-state index contributed by atoms with van der Waals surface area (Å²) in [6.45, 7) is 3.31. The molecule has 4 aromatic rings. The van der Waals surface area contributed by atoms with Crippen LogP contribution in [0, 0.1) is 11.8 Å². The third-order valence-corrected chi connectivity index (χ3v) is 7.64. The molecule has 7 nitrogen and oxygen atoms in total. The smallest absolute Gasteiger partial charge is 0.229 e. The van der Waals surface area contributed by atoms with E-state index in [1.54, 1.807) is 6.26 Å². The average Bonchev–Trinajstić information content (AvgIpc) is 3.61. The number of piperidine rings is 3. The molecule has 35 heavy (non-hydrogen) atoms. The van der Waals surface area contributed by atoms with Crippen molar-refractivity contribution >= 4 is 5.91 Å². The zero-order valence-electron chi connectivity index (χ0n) is 19.6. The lowest BCUT2D eigenvalue weighted by Gasteiger charge is -2.46. The Morgan fingerprint density at radius 1 is 1.03 bits per heavy atom. The topological polar surface area (TPSA) is 77.4 Å². The van der Waals surface area contributed by atoms with Crippen LogP contribution in [0.3, 0.4) is 0 Å². The van der Waals surface area contributed by atoms with Gasteiger partial charge in [-0.05, 0) is 29.2 Å². The highest BCUT2D eigenvalue weighted by atomic mass is 16.3. The van der Waals surface area contributed by atoms with Gasteiger partial charge in [-0.1, -0.05) is 59.8 Å². The normalized spacial score (nSPS) is 23.3. The molecule has 4 atom stereocenters. The standard InChI is InChI=1S/C28H29N5O2/c34-28(29-16-25-7-4-14-35-25)26-18-32-13-12-23(26)15-24(32)17-33-19-27(30-31-33)22-10-8-21(9-11-22)20-5-2-1-3-6-20/h1-11,14,19,23-24,26H,12-13,15-18H2,(H,29,34)/p+1/t23-,24-,26+/m1/s1. The molecular formula is C28H30N5O2+. The van der Waals surface area contributed by atoms with E-state index in [4.69, 9.17) is 4.42 Å². The lowest BCUT2D eigenvalue weighted by molar-refractivity contribution is -0.945. The number of carbonyl (C=O) groups excluding carboxylic acids is 1. The number of hydrogen-bond acceptors (Lipinski definition) is 4. The van der Waals surface area contributed by atoms with Gasteiger partial charge in [0.25, 0.3) is 0 Å². The zero-order chi connectivity index (χ0) is 23.6. The van der Waals surface area contributed by atoms with Gasteiger partial charge in [0.05, 0.1) is 44.6 Å². The first-order valence-electron chi connectivity index (χ1n) is 12.4. The molecule has 3 fully saturated rings. The molecule has 3 aliphatic heterocycles. The fourth-order valence-corrected chi connectivity index (χ4v) is 5.75. The Labute approximate surface area is 204 Å². The molecule has 5 heterocycles. The van der Waals surface area contributed by atoms with E-state index >= 15 is 0 Å². The lowest BCUT2D eigenvalue weighted by Crippen LogP contribution is -3.20. The van der Waals surface area contributed by atoms with Gasteiger partial charge < -0.3 is 14.6 Å². The van der Waals surface area contributed by atoms with Crippen molar-refractivity contribution in [2.75, 3.05) is 13.1 Å². The number of amides is 1. The molecule has 2 aromatic heterocycles. The van der Waals surface area contributed by atoms with Gasteiger partial charge in [-0.15, -0.1) is 5.10 Å². The molecule has 1 amide bonds. The van der Waals surface area contributed by atoms with Gasteiger partial charge in [0, 0.05) is 18.4 Å². The van der Waals surface area contributed by atoms with Crippen LogP contribution in [0.25, 0.3) is 22.4 Å². The predicted molar refractivity (Wildman–Crippen MR) is 132 cm³/mol. The number of rotatable bonds is 7. The van der Waals surface area contributed by atoms with E-state index in [1.807, 2.05) is 29.1 Å². The highest BCUT2D eigenvalue weighted by molar-refractivity contribution is 5.79. The predicted octanol–water partition coefficient (Wildman–Crippen LogP) is 2.81. The van der Waals surface area contributed by atoms with Crippen LogP contribution in [0.4, 0.5) is 0 Å². The van der Waals surface area contributed by atoms with Crippen LogP contribution in [0.5, 0.6) is 0 Å². The molecule has 2 bridgehead atoms.